The number of aliphatic hydroxyl groups excluding tert-OH is 1. The summed E-state index contributed by atoms with van der Waals surface area (Å²) in [7, 11) is 0. The smallest absolute Gasteiger partial charge is 0.0802 e. The van der Waals surface area contributed by atoms with Gasteiger partial charge in [0.05, 0.1) is 6.10 Å². The van der Waals surface area contributed by atoms with Crippen LogP contribution in [-0.4, -0.2) is 11.0 Å². The van der Waals surface area contributed by atoms with Gasteiger partial charge < -0.3 is 5.11 Å². The average Bonchev–Trinajstić information content (AvgIpc) is 2.03. The lowest BCUT2D eigenvalue weighted by molar-refractivity contribution is 0.174. The molecule has 1 rings (SSSR count). The number of halogens is 3. The highest BCUT2D eigenvalue weighted by molar-refractivity contribution is 6.34. The molecule has 0 aliphatic heterocycles. The average molecular weight is 240 g/mol. The zero-order valence-electron chi connectivity index (χ0n) is 6.80. The van der Waals surface area contributed by atoms with Crippen LogP contribution in [-0.2, 0) is 0 Å². The molecule has 0 aliphatic carbocycles. The molecule has 1 atom stereocenters. The molecule has 1 nitrogen and oxygen atoms in total. The molecule has 0 saturated carbocycles. The summed E-state index contributed by atoms with van der Waals surface area (Å²) in [6.45, 7) is 0. The van der Waals surface area contributed by atoms with Crippen LogP contribution < -0.4 is 0 Å². The van der Waals surface area contributed by atoms with Crippen molar-refractivity contribution < 1.29 is 5.11 Å². The van der Waals surface area contributed by atoms with E-state index in [1.165, 1.54) is 0 Å². The first-order valence-corrected chi connectivity index (χ1v) is 5.12. The van der Waals surface area contributed by atoms with E-state index in [9.17, 15) is 5.11 Å². The van der Waals surface area contributed by atoms with Crippen LogP contribution in [0.25, 0.3) is 0 Å². The predicted octanol–water partition coefficient (Wildman–Crippen LogP) is 3.66. The third kappa shape index (κ3) is 3.35. The van der Waals surface area contributed by atoms with E-state index >= 15 is 0 Å². The first kappa shape index (κ1) is 11.1. The summed E-state index contributed by atoms with van der Waals surface area (Å²) in [5, 5.41) is 10.6. The topological polar surface area (TPSA) is 20.2 Å². The molecule has 0 aliphatic rings. The highest BCUT2D eigenvalue weighted by Crippen LogP contribution is 2.25. The molecule has 0 saturated heterocycles. The second-order valence-electron chi connectivity index (χ2n) is 2.70. The molecule has 0 heterocycles. The molecular weight excluding hydrogens is 230 g/mol. The molecule has 1 aromatic carbocycles. The second kappa shape index (κ2) is 5.06. The predicted molar refractivity (Wildman–Crippen MR) is 56.8 cm³/mol. The molecule has 1 aromatic rings. The van der Waals surface area contributed by atoms with Gasteiger partial charge in [-0.05, 0) is 30.2 Å². The van der Waals surface area contributed by atoms with E-state index < -0.39 is 6.10 Å². The van der Waals surface area contributed by atoms with E-state index in [2.05, 4.69) is 0 Å². The largest absolute Gasteiger partial charge is 0.388 e. The van der Waals surface area contributed by atoms with E-state index in [-0.39, 0.29) is 0 Å². The standard InChI is InChI=1S/C9H9Cl3O/c10-2-1-9(13)6-3-7(11)5-8(12)4-6/h3-5,9,13H,1-2H2. The fourth-order valence-electron chi connectivity index (χ4n) is 1.04. The maximum absolute atomic E-state index is 9.57. The second-order valence-corrected chi connectivity index (χ2v) is 3.95. The van der Waals surface area contributed by atoms with Crippen LogP contribution in [0, 0.1) is 0 Å². The number of rotatable bonds is 3. The first-order valence-electron chi connectivity index (χ1n) is 3.83. The van der Waals surface area contributed by atoms with Crippen LogP contribution in [0.15, 0.2) is 18.2 Å². The normalized spacial score (nSPS) is 12.9. The van der Waals surface area contributed by atoms with Crippen molar-refractivity contribution in [2.45, 2.75) is 12.5 Å². The number of hydrogen-bond donors (Lipinski definition) is 1. The Morgan fingerprint density at radius 2 is 1.69 bits per heavy atom. The molecule has 0 fully saturated rings. The van der Waals surface area contributed by atoms with Gasteiger partial charge in [-0.15, -0.1) is 11.6 Å². The van der Waals surface area contributed by atoms with Gasteiger partial charge in [-0.1, -0.05) is 23.2 Å². The molecule has 13 heavy (non-hydrogen) atoms. The molecule has 0 spiro atoms. The van der Waals surface area contributed by atoms with Crippen LogP contribution in [0.1, 0.15) is 18.1 Å². The lowest BCUT2D eigenvalue weighted by Gasteiger charge is -2.09. The van der Waals surface area contributed by atoms with Crippen molar-refractivity contribution >= 4 is 34.8 Å². The minimum Gasteiger partial charge on any atom is -0.388 e. The number of aliphatic hydroxyl groups is 1. The van der Waals surface area contributed by atoms with Gasteiger partial charge in [0.2, 0.25) is 0 Å². The van der Waals surface area contributed by atoms with Crippen molar-refractivity contribution in [3.8, 4) is 0 Å². The van der Waals surface area contributed by atoms with Crippen molar-refractivity contribution in [2.24, 2.45) is 0 Å². The van der Waals surface area contributed by atoms with Gasteiger partial charge in [0.15, 0.2) is 0 Å². The fraction of sp³-hybridized carbons (Fsp3) is 0.333. The maximum atomic E-state index is 9.57. The Labute approximate surface area is 92.2 Å². The van der Waals surface area contributed by atoms with Gasteiger partial charge in [-0.25, -0.2) is 0 Å². The highest BCUT2D eigenvalue weighted by Gasteiger charge is 2.08. The van der Waals surface area contributed by atoms with Gasteiger partial charge in [-0.2, -0.15) is 0 Å². The van der Waals surface area contributed by atoms with E-state index in [0.29, 0.717) is 27.9 Å². The third-order valence-electron chi connectivity index (χ3n) is 1.65. The third-order valence-corrected chi connectivity index (χ3v) is 2.31. The Kier molecular flexibility index (Phi) is 4.33. The summed E-state index contributed by atoms with van der Waals surface area (Å²) in [5.74, 6) is 0.408. The van der Waals surface area contributed by atoms with Crippen LogP contribution >= 0.6 is 34.8 Å². The molecule has 4 heteroatoms. The van der Waals surface area contributed by atoms with Crippen LogP contribution in [0.3, 0.4) is 0 Å². The van der Waals surface area contributed by atoms with Crippen molar-refractivity contribution in [1.29, 1.82) is 0 Å². The van der Waals surface area contributed by atoms with Crippen LogP contribution in [0.5, 0.6) is 0 Å². The zero-order chi connectivity index (χ0) is 9.84. The molecule has 0 bridgehead atoms. The van der Waals surface area contributed by atoms with Gasteiger partial charge in [0.1, 0.15) is 0 Å². The van der Waals surface area contributed by atoms with Gasteiger partial charge in [-0.3, -0.25) is 0 Å². The zero-order valence-corrected chi connectivity index (χ0v) is 9.07. The maximum Gasteiger partial charge on any atom is 0.0802 e. The Balaban J connectivity index is 2.87. The summed E-state index contributed by atoms with van der Waals surface area (Å²) < 4.78 is 0. The molecule has 1 N–H and O–H groups in total. The lowest BCUT2D eigenvalue weighted by Crippen LogP contribution is -1.97. The number of hydrogen-bond acceptors (Lipinski definition) is 1. The molecule has 0 aromatic heterocycles. The van der Waals surface area contributed by atoms with Gasteiger partial charge in [0, 0.05) is 15.9 Å². The summed E-state index contributed by atoms with van der Waals surface area (Å²) in [6.07, 6.45) is -0.0909. The monoisotopic (exact) mass is 238 g/mol. The molecular formula is C9H9Cl3O. The fourth-order valence-corrected chi connectivity index (χ4v) is 1.79. The van der Waals surface area contributed by atoms with E-state index in [0.717, 1.165) is 0 Å². The van der Waals surface area contributed by atoms with E-state index in [4.69, 9.17) is 34.8 Å². The Bertz CT molecular complexity index is 268. The van der Waals surface area contributed by atoms with E-state index in [1.807, 2.05) is 0 Å². The Morgan fingerprint density at radius 1 is 1.15 bits per heavy atom. The minimum atomic E-state index is -0.589. The van der Waals surface area contributed by atoms with Crippen LogP contribution in [0.4, 0.5) is 0 Å². The summed E-state index contributed by atoms with van der Waals surface area (Å²) >= 11 is 17.0. The van der Waals surface area contributed by atoms with Crippen molar-refractivity contribution in [2.75, 3.05) is 5.88 Å². The first-order chi connectivity index (χ1) is 6.13. The Hall–Kier alpha value is 0.0500. The van der Waals surface area contributed by atoms with Crippen molar-refractivity contribution in [3.05, 3.63) is 33.8 Å². The summed E-state index contributed by atoms with van der Waals surface area (Å²) in [5.41, 5.74) is 0.707. The van der Waals surface area contributed by atoms with Gasteiger partial charge in [0.25, 0.3) is 0 Å². The van der Waals surface area contributed by atoms with Gasteiger partial charge >= 0.3 is 0 Å². The van der Waals surface area contributed by atoms with Crippen LogP contribution in [0.2, 0.25) is 10.0 Å². The number of benzene rings is 1. The molecule has 72 valence electrons. The minimum absolute atomic E-state index is 0.408. The summed E-state index contributed by atoms with van der Waals surface area (Å²) in [4.78, 5) is 0. The van der Waals surface area contributed by atoms with E-state index in [1.54, 1.807) is 18.2 Å². The highest BCUT2D eigenvalue weighted by atomic mass is 35.5. The van der Waals surface area contributed by atoms with Crippen molar-refractivity contribution in [1.82, 2.24) is 0 Å². The quantitative estimate of drug-likeness (QED) is 0.798. The van der Waals surface area contributed by atoms with Crippen molar-refractivity contribution in [3.63, 3.8) is 0 Å². The molecule has 1 unspecified atom stereocenters. The molecule has 0 radical (unpaired) electrons. The lowest BCUT2D eigenvalue weighted by atomic mass is 10.1. The number of alkyl halides is 1. The SMILES string of the molecule is OC(CCCl)c1cc(Cl)cc(Cl)c1. The molecule has 0 amide bonds. The summed E-state index contributed by atoms with van der Waals surface area (Å²) in [6, 6.07) is 5.00. The Morgan fingerprint density at radius 3 is 2.15 bits per heavy atom.